The van der Waals surface area contributed by atoms with Crippen LogP contribution in [0.25, 0.3) is 10.9 Å². The van der Waals surface area contributed by atoms with Gasteiger partial charge in [0.25, 0.3) is 0 Å². The molecule has 0 bridgehead atoms. The number of pyridine rings is 1. The number of fused-ring (bicyclic) bond motifs is 1. The topological polar surface area (TPSA) is 59.4 Å². The van der Waals surface area contributed by atoms with Gasteiger partial charge in [0.1, 0.15) is 17.1 Å². The highest BCUT2D eigenvalue weighted by atomic mass is 16.5. The molecule has 0 aliphatic heterocycles. The summed E-state index contributed by atoms with van der Waals surface area (Å²) < 4.78 is 5.79. The molecule has 0 unspecified atom stereocenters. The predicted octanol–water partition coefficient (Wildman–Crippen LogP) is 4.03. The quantitative estimate of drug-likeness (QED) is 0.786. The molecule has 0 aliphatic rings. The number of aryl methyl sites for hydroxylation is 1. The molecule has 1 heterocycles. The molecule has 3 rings (SSSR count). The molecular formula is C17H13NO3. The first-order chi connectivity index (χ1) is 10.1. The first-order valence-electron chi connectivity index (χ1n) is 6.51. The van der Waals surface area contributed by atoms with Crippen molar-refractivity contribution in [1.29, 1.82) is 0 Å². The minimum atomic E-state index is -1.01. The fourth-order valence-corrected chi connectivity index (χ4v) is 2.18. The number of hydrogen-bond acceptors (Lipinski definition) is 3. The second-order valence-electron chi connectivity index (χ2n) is 4.72. The number of rotatable bonds is 3. The minimum absolute atomic E-state index is 0.149. The molecule has 21 heavy (non-hydrogen) atoms. The van der Waals surface area contributed by atoms with Gasteiger partial charge in [-0.1, -0.05) is 18.2 Å². The zero-order chi connectivity index (χ0) is 14.8. The summed E-state index contributed by atoms with van der Waals surface area (Å²) in [6, 6.07) is 14.4. The number of ether oxygens (including phenoxy) is 1. The summed E-state index contributed by atoms with van der Waals surface area (Å²) in [6.45, 7) is 1.82. The molecule has 0 amide bonds. The van der Waals surface area contributed by atoms with Crippen LogP contribution < -0.4 is 4.74 Å². The summed E-state index contributed by atoms with van der Waals surface area (Å²) in [7, 11) is 0. The van der Waals surface area contributed by atoms with E-state index in [2.05, 4.69) is 4.98 Å². The average Bonchev–Trinajstić information content (AvgIpc) is 2.49. The van der Waals surface area contributed by atoms with Crippen LogP contribution in [0.15, 0.2) is 54.7 Å². The maximum atomic E-state index is 11.3. The van der Waals surface area contributed by atoms with Crippen LogP contribution in [0.3, 0.4) is 0 Å². The van der Waals surface area contributed by atoms with Gasteiger partial charge in [-0.2, -0.15) is 0 Å². The third-order valence-electron chi connectivity index (χ3n) is 3.24. The molecule has 0 saturated carbocycles. The molecule has 0 fully saturated rings. The van der Waals surface area contributed by atoms with E-state index in [1.807, 2.05) is 37.3 Å². The molecule has 0 spiro atoms. The maximum absolute atomic E-state index is 11.3. The Labute approximate surface area is 121 Å². The Balaban J connectivity index is 2.04. The smallest absolute Gasteiger partial charge is 0.339 e. The van der Waals surface area contributed by atoms with Crippen molar-refractivity contribution in [2.24, 2.45) is 0 Å². The van der Waals surface area contributed by atoms with Crippen LogP contribution in [0.1, 0.15) is 15.9 Å². The number of benzene rings is 2. The van der Waals surface area contributed by atoms with Crippen LogP contribution >= 0.6 is 0 Å². The Morgan fingerprint density at radius 1 is 1.14 bits per heavy atom. The number of carboxylic acids is 1. The van der Waals surface area contributed by atoms with Gasteiger partial charge in [-0.15, -0.1) is 0 Å². The Morgan fingerprint density at radius 3 is 2.81 bits per heavy atom. The highest BCUT2D eigenvalue weighted by Gasteiger charge is 2.14. The lowest BCUT2D eigenvalue weighted by Gasteiger charge is -2.12. The van der Waals surface area contributed by atoms with E-state index in [-0.39, 0.29) is 5.56 Å². The fourth-order valence-electron chi connectivity index (χ4n) is 2.18. The summed E-state index contributed by atoms with van der Waals surface area (Å²) in [5, 5.41) is 10.3. The number of carbonyl (C=O) groups is 1. The van der Waals surface area contributed by atoms with E-state index in [4.69, 9.17) is 4.74 Å². The summed E-state index contributed by atoms with van der Waals surface area (Å²) in [5.74, 6) is -0.0779. The predicted molar refractivity (Wildman–Crippen MR) is 80.0 cm³/mol. The SMILES string of the molecule is Cc1cccc(C(=O)O)c1Oc1ccc2cccnc2c1. The molecule has 0 atom stereocenters. The minimum Gasteiger partial charge on any atom is -0.478 e. The summed E-state index contributed by atoms with van der Waals surface area (Å²) in [4.78, 5) is 15.6. The molecule has 0 radical (unpaired) electrons. The van der Waals surface area contributed by atoms with Gasteiger partial charge in [-0.25, -0.2) is 4.79 Å². The van der Waals surface area contributed by atoms with Gasteiger partial charge in [0.15, 0.2) is 0 Å². The summed E-state index contributed by atoms with van der Waals surface area (Å²) >= 11 is 0. The molecule has 0 saturated heterocycles. The van der Waals surface area contributed by atoms with E-state index >= 15 is 0 Å². The van der Waals surface area contributed by atoms with Crippen LogP contribution in [-0.2, 0) is 0 Å². The van der Waals surface area contributed by atoms with Crippen molar-refractivity contribution >= 4 is 16.9 Å². The van der Waals surface area contributed by atoms with Crippen molar-refractivity contribution in [3.05, 3.63) is 65.9 Å². The summed E-state index contributed by atoms with van der Waals surface area (Å²) in [6.07, 6.45) is 1.71. The average molecular weight is 279 g/mol. The number of para-hydroxylation sites is 1. The fraction of sp³-hybridized carbons (Fsp3) is 0.0588. The molecule has 1 N–H and O–H groups in total. The lowest BCUT2D eigenvalue weighted by Crippen LogP contribution is -2.01. The molecule has 0 aliphatic carbocycles. The molecule has 4 nitrogen and oxygen atoms in total. The molecule has 104 valence electrons. The Hall–Kier alpha value is -2.88. The van der Waals surface area contributed by atoms with Crippen molar-refractivity contribution in [3.63, 3.8) is 0 Å². The van der Waals surface area contributed by atoms with E-state index in [1.165, 1.54) is 6.07 Å². The van der Waals surface area contributed by atoms with Gasteiger partial charge in [0.05, 0.1) is 5.52 Å². The van der Waals surface area contributed by atoms with Gasteiger partial charge in [-0.05, 0) is 36.8 Å². The molecule has 2 aromatic carbocycles. The van der Waals surface area contributed by atoms with E-state index in [0.717, 1.165) is 16.5 Å². The van der Waals surface area contributed by atoms with Crippen molar-refractivity contribution < 1.29 is 14.6 Å². The molecular weight excluding hydrogens is 266 g/mol. The van der Waals surface area contributed by atoms with Crippen LogP contribution in [-0.4, -0.2) is 16.1 Å². The normalized spacial score (nSPS) is 10.5. The van der Waals surface area contributed by atoms with Crippen molar-refractivity contribution in [1.82, 2.24) is 4.98 Å². The monoisotopic (exact) mass is 279 g/mol. The second-order valence-corrected chi connectivity index (χ2v) is 4.72. The van der Waals surface area contributed by atoms with Crippen molar-refractivity contribution in [3.8, 4) is 11.5 Å². The molecule has 4 heteroatoms. The van der Waals surface area contributed by atoms with Crippen LogP contribution in [0, 0.1) is 6.92 Å². The lowest BCUT2D eigenvalue weighted by molar-refractivity contribution is 0.0694. The number of hydrogen-bond donors (Lipinski definition) is 1. The van der Waals surface area contributed by atoms with E-state index in [0.29, 0.717) is 11.5 Å². The van der Waals surface area contributed by atoms with Crippen molar-refractivity contribution in [2.75, 3.05) is 0 Å². The van der Waals surface area contributed by atoms with E-state index in [1.54, 1.807) is 18.3 Å². The Bertz CT molecular complexity index is 827. The standard InChI is InChI=1S/C17H13NO3/c1-11-4-2-6-14(17(19)20)16(11)21-13-8-7-12-5-3-9-18-15(12)10-13/h2-10H,1H3,(H,19,20). The molecule has 3 aromatic rings. The van der Waals surface area contributed by atoms with Gasteiger partial charge in [0.2, 0.25) is 0 Å². The van der Waals surface area contributed by atoms with Crippen molar-refractivity contribution in [2.45, 2.75) is 6.92 Å². The highest BCUT2D eigenvalue weighted by Crippen LogP contribution is 2.30. The Morgan fingerprint density at radius 2 is 2.00 bits per heavy atom. The Kier molecular flexibility index (Phi) is 3.28. The van der Waals surface area contributed by atoms with Gasteiger partial charge < -0.3 is 9.84 Å². The summed E-state index contributed by atoms with van der Waals surface area (Å²) in [5.41, 5.74) is 1.73. The third kappa shape index (κ3) is 2.56. The van der Waals surface area contributed by atoms with E-state index < -0.39 is 5.97 Å². The van der Waals surface area contributed by atoms with Crippen LogP contribution in [0.2, 0.25) is 0 Å². The lowest BCUT2D eigenvalue weighted by atomic mass is 10.1. The van der Waals surface area contributed by atoms with Crippen LogP contribution in [0.4, 0.5) is 0 Å². The second kappa shape index (κ2) is 5.25. The first kappa shape index (κ1) is 13.1. The largest absolute Gasteiger partial charge is 0.478 e. The number of nitrogens with zero attached hydrogens (tertiary/aromatic N) is 1. The third-order valence-corrected chi connectivity index (χ3v) is 3.24. The number of aromatic nitrogens is 1. The number of aromatic carboxylic acids is 1. The zero-order valence-corrected chi connectivity index (χ0v) is 11.4. The first-order valence-corrected chi connectivity index (χ1v) is 6.51. The van der Waals surface area contributed by atoms with Gasteiger partial charge in [0, 0.05) is 17.6 Å². The van der Waals surface area contributed by atoms with Gasteiger partial charge in [-0.3, -0.25) is 4.98 Å². The zero-order valence-electron chi connectivity index (χ0n) is 11.4. The maximum Gasteiger partial charge on any atom is 0.339 e. The van der Waals surface area contributed by atoms with Gasteiger partial charge >= 0.3 is 5.97 Å². The highest BCUT2D eigenvalue weighted by molar-refractivity contribution is 5.91. The number of carboxylic acid groups (broad SMARTS) is 1. The van der Waals surface area contributed by atoms with Crippen LogP contribution in [0.5, 0.6) is 11.5 Å². The molecule has 1 aromatic heterocycles. The van der Waals surface area contributed by atoms with E-state index in [9.17, 15) is 9.90 Å².